The quantitative estimate of drug-likeness (QED) is 0.689. The summed E-state index contributed by atoms with van der Waals surface area (Å²) in [7, 11) is 2.56. The first-order chi connectivity index (χ1) is 14.8. The van der Waals surface area contributed by atoms with Crippen LogP contribution in [0.3, 0.4) is 0 Å². The highest BCUT2D eigenvalue weighted by Crippen LogP contribution is 2.63. The number of benzene rings is 1. The van der Waals surface area contributed by atoms with Crippen LogP contribution in [0.15, 0.2) is 35.9 Å². The number of carbonyl (C=O) groups excluding carboxylic acids is 3. The number of aliphatic hydroxyl groups is 1. The van der Waals surface area contributed by atoms with Crippen LogP contribution in [0.2, 0.25) is 0 Å². The maximum absolute atomic E-state index is 14.1. The van der Waals surface area contributed by atoms with Crippen LogP contribution in [0.4, 0.5) is 10.5 Å². The molecule has 5 aliphatic rings. The lowest BCUT2D eigenvalue weighted by Gasteiger charge is -2.51. The second-order valence-corrected chi connectivity index (χ2v) is 8.89. The van der Waals surface area contributed by atoms with Crippen molar-refractivity contribution in [2.75, 3.05) is 32.2 Å². The van der Waals surface area contributed by atoms with Crippen molar-refractivity contribution < 1.29 is 29.0 Å². The van der Waals surface area contributed by atoms with Crippen molar-refractivity contribution in [3.63, 3.8) is 0 Å². The zero-order chi connectivity index (χ0) is 22.0. The number of para-hydroxylation sites is 1. The fourth-order valence-corrected chi connectivity index (χ4v) is 6.40. The molecule has 8 nitrogen and oxygen atoms in total. The predicted octanol–water partition coefficient (Wildman–Crippen LogP) is 1.90. The minimum atomic E-state index is -1.33. The van der Waals surface area contributed by atoms with Gasteiger partial charge in [-0.25, -0.2) is 9.59 Å². The minimum absolute atomic E-state index is 0.0894. The minimum Gasteiger partial charge on any atom is -0.466 e. The van der Waals surface area contributed by atoms with Gasteiger partial charge in [0.25, 0.3) is 0 Å². The number of anilines is 1. The number of fused-ring (bicyclic) bond motifs is 4. The molecule has 0 saturated carbocycles. The van der Waals surface area contributed by atoms with Gasteiger partial charge in [-0.05, 0) is 49.8 Å². The van der Waals surface area contributed by atoms with E-state index in [1.54, 1.807) is 23.1 Å². The highest BCUT2D eigenvalue weighted by Gasteiger charge is 2.73. The third-order valence-electron chi connectivity index (χ3n) is 7.68. The monoisotopic (exact) mass is 426 g/mol. The molecule has 2 amide bonds. The molecule has 2 unspecified atom stereocenters. The molecule has 1 aromatic rings. The van der Waals surface area contributed by atoms with Gasteiger partial charge in [0.15, 0.2) is 0 Å². The first-order valence-corrected chi connectivity index (χ1v) is 10.7. The molecule has 3 atom stereocenters. The molecular weight excluding hydrogens is 400 g/mol. The second-order valence-electron chi connectivity index (χ2n) is 8.89. The van der Waals surface area contributed by atoms with Crippen LogP contribution in [-0.4, -0.2) is 66.4 Å². The van der Waals surface area contributed by atoms with Crippen LogP contribution in [0.5, 0.6) is 0 Å². The predicted molar refractivity (Wildman–Crippen MR) is 110 cm³/mol. The SMILES string of the molecule is COC(=O)C1=C[C@]2(O)CCCN3CCC4(C3=O)c3ccccc3N(C(=O)OC)C14CC2. The highest BCUT2D eigenvalue weighted by molar-refractivity contribution is 6.09. The van der Waals surface area contributed by atoms with E-state index in [-0.39, 0.29) is 17.9 Å². The summed E-state index contributed by atoms with van der Waals surface area (Å²) in [5, 5.41) is 11.3. The summed E-state index contributed by atoms with van der Waals surface area (Å²) < 4.78 is 10.3. The molecule has 0 aromatic heterocycles. The number of hydrogen-bond acceptors (Lipinski definition) is 6. The standard InChI is InChI=1S/C23H26N2O6/c1-30-18(26)16-14-21(29)8-5-12-24-13-11-22(19(24)27)15-6-3-4-7-17(15)25(20(28)31-2)23(16,22)10-9-21/h3-4,6-7,14,29H,5,8-13H2,1-2H3/t21-,22?,23?/m0/s1. The molecule has 6 rings (SSSR count). The molecule has 4 aliphatic heterocycles. The van der Waals surface area contributed by atoms with Crippen molar-refractivity contribution in [1.82, 2.24) is 4.90 Å². The Morgan fingerprint density at radius 2 is 1.81 bits per heavy atom. The topological polar surface area (TPSA) is 96.4 Å². The molecule has 31 heavy (non-hydrogen) atoms. The fraction of sp³-hybridized carbons (Fsp3) is 0.522. The summed E-state index contributed by atoms with van der Waals surface area (Å²) in [6.07, 6.45) is 2.98. The Balaban J connectivity index is 1.91. The Hall–Kier alpha value is -2.87. The molecule has 4 heterocycles. The maximum atomic E-state index is 14.1. The Morgan fingerprint density at radius 3 is 2.55 bits per heavy atom. The lowest BCUT2D eigenvalue weighted by Crippen LogP contribution is -2.67. The Bertz CT molecular complexity index is 1020. The number of hydrogen-bond donors (Lipinski definition) is 1. The Morgan fingerprint density at radius 1 is 1.03 bits per heavy atom. The summed E-state index contributed by atoms with van der Waals surface area (Å²) in [6, 6.07) is 7.30. The third kappa shape index (κ3) is 2.31. The van der Waals surface area contributed by atoms with Crippen LogP contribution in [0.1, 0.15) is 37.7 Å². The van der Waals surface area contributed by atoms with Gasteiger partial charge in [0.2, 0.25) is 5.91 Å². The fourth-order valence-electron chi connectivity index (χ4n) is 6.40. The number of nitrogens with zero attached hydrogens (tertiary/aromatic N) is 2. The van der Waals surface area contributed by atoms with Crippen molar-refractivity contribution in [2.24, 2.45) is 0 Å². The van der Waals surface area contributed by atoms with Gasteiger partial charge in [-0.3, -0.25) is 9.69 Å². The van der Waals surface area contributed by atoms with E-state index in [1.807, 2.05) is 12.1 Å². The normalized spacial score (nSPS) is 33.5. The molecule has 2 fully saturated rings. The molecule has 0 radical (unpaired) electrons. The van der Waals surface area contributed by atoms with Gasteiger partial charge < -0.3 is 19.5 Å². The van der Waals surface area contributed by atoms with E-state index in [9.17, 15) is 19.5 Å². The van der Waals surface area contributed by atoms with E-state index < -0.39 is 28.6 Å². The molecule has 1 aliphatic carbocycles. The maximum Gasteiger partial charge on any atom is 0.414 e. The van der Waals surface area contributed by atoms with E-state index in [1.165, 1.54) is 19.1 Å². The largest absolute Gasteiger partial charge is 0.466 e. The van der Waals surface area contributed by atoms with Crippen molar-refractivity contribution in [3.8, 4) is 0 Å². The Labute approximate surface area is 180 Å². The number of esters is 1. The van der Waals surface area contributed by atoms with Crippen LogP contribution in [-0.2, 0) is 24.5 Å². The van der Waals surface area contributed by atoms with Gasteiger partial charge in [-0.15, -0.1) is 0 Å². The highest BCUT2D eigenvalue weighted by atomic mass is 16.5. The van der Waals surface area contributed by atoms with E-state index in [4.69, 9.17) is 9.47 Å². The van der Waals surface area contributed by atoms with Crippen molar-refractivity contribution in [1.29, 1.82) is 0 Å². The van der Waals surface area contributed by atoms with Gasteiger partial charge in [-0.1, -0.05) is 18.2 Å². The molecule has 4 bridgehead atoms. The number of rotatable bonds is 1. The summed E-state index contributed by atoms with van der Waals surface area (Å²) in [4.78, 5) is 43.7. The average Bonchev–Trinajstić information content (AvgIpc) is 3.22. The van der Waals surface area contributed by atoms with Crippen LogP contribution in [0.25, 0.3) is 0 Å². The molecule has 2 saturated heterocycles. The van der Waals surface area contributed by atoms with E-state index >= 15 is 0 Å². The van der Waals surface area contributed by atoms with Crippen LogP contribution in [0, 0.1) is 0 Å². The first-order valence-electron chi connectivity index (χ1n) is 10.7. The molecule has 1 N–H and O–H groups in total. The van der Waals surface area contributed by atoms with Crippen LogP contribution < -0.4 is 4.90 Å². The van der Waals surface area contributed by atoms with Crippen LogP contribution >= 0.6 is 0 Å². The van der Waals surface area contributed by atoms with Gasteiger partial charge in [-0.2, -0.15) is 0 Å². The second kappa shape index (κ2) is 6.56. The van der Waals surface area contributed by atoms with Gasteiger partial charge in [0, 0.05) is 13.1 Å². The number of carbonyl (C=O) groups is 3. The van der Waals surface area contributed by atoms with Gasteiger partial charge >= 0.3 is 12.1 Å². The Kier molecular flexibility index (Phi) is 4.25. The van der Waals surface area contributed by atoms with Crippen molar-refractivity contribution >= 4 is 23.7 Å². The zero-order valence-electron chi connectivity index (χ0n) is 17.7. The summed E-state index contributed by atoms with van der Waals surface area (Å²) in [5.74, 6) is -0.737. The summed E-state index contributed by atoms with van der Waals surface area (Å²) in [6.45, 7) is 1.05. The summed E-state index contributed by atoms with van der Waals surface area (Å²) >= 11 is 0. The van der Waals surface area contributed by atoms with Gasteiger partial charge in [0.05, 0.1) is 31.1 Å². The molecule has 8 heteroatoms. The van der Waals surface area contributed by atoms with Gasteiger partial charge in [0.1, 0.15) is 11.0 Å². The third-order valence-corrected chi connectivity index (χ3v) is 7.68. The zero-order valence-corrected chi connectivity index (χ0v) is 17.7. The molecule has 1 aromatic carbocycles. The van der Waals surface area contributed by atoms with Crippen molar-refractivity contribution in [3.05, 3.63) is 41.5 Å². The molecule has 2 spiro atoms. The smallest absolute Gasteiger partial charge is 0.414 e. The van der Waals surface area contributed by atoms with E-state index in [2.05, 4.69) is 0 Å². The molecule has 164 valence electrons. The lowest BCUT2D eigenvalue weighted by atomic mass is 9.57. The summed E-state index contributed by atoms with van der Waals surface area (Å²) in [5.41, 5.74) is -2.24. The lowest BCUT2D eigenvalue weighted by molar-refractivity contribution is -0.139. The number of ether oxygens (including phenoxy) is 2. The number of amides is 2. The van der Waals surface area contributed by atoms with Crippen molar-refractivity contribution in [2.45, 2.75) is 48.7 Å². The number of methoxy groups -OCH3 is 2. The first kappa shape index (κ1) is 20.1. The molecular formula is C23H26N2O6. The average molecular weight is 426 g/mol. The van der Waals surface area contributed by atoms with E-state index in [0.29, 0.717) is 50.0 Å². The van der Waals surface area contributed by atoms with E-state index in [0.717, 1.165) is 0 Å².